The fraction of sp³-hybridized carbons (Fsp3) is 0.526. The minimum absolute atomic E-state index is 0.0220. The zero-order chi connectivity index (χ0) is 73.8. The van der Waals surface area contributed by atoms with Gasteiger partial charge in [-0.15, -0.1) is 0 Å². The predicted octanol–water partition coefficient (Wildman–Crippen LogP) is 15.1. The van der Waals surface area contributed by atoms with Gasteiger partial charge in [0, 0.05) is 84.0 Å². The smallest absolute Gasteiger partial charge is 0.411 e. The SMILES string of the molecule is CC(C)(C)OC(=O)N(Cc1cc(Cl)ccc1Cl)C1(C(=O)N2CCN(C3CC3)c3ccccc32)CC1.CC(C)(C)OC(=O)NC1(C(=O)N2CCN(C3CC3)c3ccccc32)CC1.CC(C)(C)OC(=O)NC1(C(=O)O)CC1.O=C(N1CCN(C2CC2)c2ccccc21)C1(NCc2cc(Cl)ccc2Cl)CC1. The molecule has 5 aromatic carbocycles. The van der Waals surface area contributed by atoms with Crippen LogP contribution in [0.25, 0.3) is 0 Å². The van der Waals surface area contributed by atoms with Crippen LogP contribution in [0.15, 0.2) is 109 Å². The molecule has 6 amide bonds. The molecule has 0 atom stereocenters. The maximum Gasteiger partial charge on any atom is 0.411 e. The van der Waals surface area contributed by atoms with E-state index < -0.39 is 63.2 Å². The number of fused-ring (bicyclic) bond motifs is 3. The summed E-state index contributed by atoms with van der Waals surface area (Å²) in [4.78, 5) is 103. The maximum atomic E-state index is 14.2. The van der Waals surface area contributed by atoms with Crippen molar-refractivity contribution in [3.8, 4) is 0 Å². The number of para-hydroxylation sites is 6. The van der Waals surface area contributed by atoms with E-state index >= 15 is 0 Å². The number of rotatable bonds is 15. The molecule has 25 heteroatoms. The van der Waals surface area contributed by atoms with Crippen LogP contribution in [-0.4, -0.2) is 148 Å². The molecule has 7 saturated carbocycles. The lowest BCUT2D eigenvalue weighted by Gasteiger charge is -2.41. The zero-order valence-corrected chi connectivity index (χ0v) is 63.4. The fourth-order valence-electron chi connectivity index (χ4n) is 13.7. The van der Waals surface area contributed by atoms with Crippen LogP contribution in [0.3, 0.4) is 0 Å². The number of ether oxygens (including phenoxy) is 3. The lowest BCUT2D eigenvalue weighted by Crippen LogP contribution is -2.56. The molecule has 0 bridgehead atoms. The van der Waals surface area contributed by atoms with Crippen LogP contribution in [0.4, 0.5) is 48.5 Å². The van der Waals surface area contributed by atoms with Crippen molar-refractivity contribution in [1.29, 1.82) is 0 Å². The summed E-state index contributed by atoms with van der Waals surface area (Å²) in [6, 6.07) is 36.9. The van der Waals surface area contributed by atoms with Crippen molar-refractivity contribution in [2.75, 3.05) is 68.7 Å². The molecule has 15 rings (SSSR count). The molecule has 0 aromatic heterocycles. The average Bonchev–Trinajstić information content (AvgIpc) is 1.57. The Morgan fingerprint density at radius 1 is 0.447 bits per heavy atom. The van der Waals surface area contributed by atoms with E-state index in [9.17, 15) is 33.6 Å². The van der Waals surface area contributed by atoms with Crippen molar-refractivity contribution in [1.82, 2.24) is 20.9 Å². The molecule has 21 nitrogen and oxygen atoms in total. The Kier molecular flexibility index (Phi) is 21.4. The standard InChI is InChI=1S/C27H31Cl2N3O3.C22H23Cl2N3O.C20H27N3O3.C9H15NO4/c1-26(2,3)35-25(34)32(17-18-16-19(28)8-11-21(18)29)27(12-13-27)24(33)31-15-14-30(20-9-10-20)22-6-4-5-7-23(22)31;23-16-5-8-18(24)15(13-16)14-25-22(9-10-22)21(28)27-12-11-26(17-6-7-17)19-3-1-2-4-20(19)27;1-19(2,3)26-18(25)21-20(10-11-20)17(24)23-13-12-22(14-8-9-14)15-6-4-5-7-16(15)23;1-8(2,3)14-7(13)10-9(4-5-9)6(11)12/h4-8,11,16,20H,9-10,12-15,17H2,1-3H3;1-5,8,13,17,25H,6-7,9-12,14H2;4-7,14H,8-13H2,1-3H3,(H,21,25);4-5H2,1-3H3,(H,10,13)(H,11,12). The number of carboxylic acid groups (broad SMARTS) is 1. The van der Waals surface area contributed by atoms with Crippen molar-refractivity contribution >= 4 is 122 Å². The van der Waals surface area contributed by atoms with Gasteiger partial charge in [0.2, 0.25) is 5.91 Å². The maximum absolute atomic E-state index is 14.2. The molecule has 5 aromatic rings. The van der Waals surface area contributed by atoms with Crippen molar-refractivity contribution in [3.63, 3.8) is 0 Å². The molecule has 552 valence electrons. The number of nitrogens with one attached hydrogen (secondary N) is 3. The molecule has 0 radical (unpaired) electrons. The predicted molar refractivity (Wildman–Crippen MR) is 403 cm³/mol. The number of nitrogens with zero attached hydrogens (tertiary/aromatic N) is 7. The van der Waals surface area contributed by atoms with Gasteiger partial charge in [0.05, 0.1) is 46.2 Å². The first-order valence-electron chi connectivity index (χ1n) is 36.1. The van der Waals surface area contributed by atoms with Crippen molar-refractivity contribution in [2.24, 2.45) is 0 Å². The number of anilines is 6. The second-order valence-electron chi connectivity index (χ2n) is 31.8. The fourth-order valence-corrected chi connectivity index (χ4v) is 14.4. The third-order valence-electron chi connectivity index (χ3n) is 20.0. The second-order valence-corrected chi connectivity index (χ2v) is 33.5. The van der Waals surface area contributed by atoms with Gasteiger partial charge in [-0.25, -0.2) is 19.2 Å². The van der Waals surface area contributed by atoms with E-state index in [1.807, 2.05) is 105 Å². The third kappa shape index (κ3) is 17.8. The Hall–Kier alpha value is -7.69. The zero-order valence-electron chi connectivity index (χ0n) is 60.4. The number of amides is 6. The normalized spacial score (nSPS) is 19.6. The van der Waals surface area contributed by atoms with Crippen molar-refractivity contribution in [2.45, 2.75) is 222 Å². The van der Waals surface area contributed by atoms with Crippen molar-refractivity contribution in [3.05, 3.63) is 140 Å². The number of alkyl carbamates (subject to hydrolysis) is 2. The highest BCUT2D eigenvalue weighted by Crippen LogP contribution is 2.50. The molecule has 10 aliphatic rings. The molecule has 3 aliphatic heterocycles. The van der Waals surface area contributed by atoms with Crippen molar-refractivity contribution < 1.29 is 52.9 Å². The number of halogens is 4. The summed E-state index contributed by atoms with van der Waals surface area (Å²) < 4.78 is 16.1. The molecule has 7 aliphatic carbocycles. The van der Waals surface area contributed by atoms with E-state index in [2.05, 4.69) is 61.0 Å². The van der Waals surface area contributed by atoms with Gasteiger partial charge in [0.1, 0.15) is 33.4 Å². The number of benzene rings is 5. The van der Waals surface area contributed by atoms with E-state index in [0.717, 1.165) is 73.0 Å². The molecule has 103 heavy (non-hydrogen) atoms. The second kappa shape index (κ2) is 29.3. The van der Waals surface area contributed by atoms with Gasteiger partial charge in [0.25, 0.3) is 11.8 Å². The quantitative estimate of drug-likeness (QED) is 0.0715. The van der Waals surface area contributed by atoms with Crippen LogP contribution in [0, 0.1) is 0 Å². The minimum atomic E-state index is -1.07. The number of hydrogen-bond donors (Lipinski definition) is 4. The van der Waals surface area contributed by atoms with E-state index in [1.165, 1.54) is 44.2 Å². The molecule has 0 spiro atoms. The highest BCUT2D eigenvalue weighted by molar-refractivity contribution is 6.34. The number of carboxylic acids is 1. The third-order valence-corrected chi connectivity index (χ3v) is 21.2. The van der Waals surface area contributed by atoms with Gasteiger partial charge in [-0.05, 0) is 236 Å². The lowest BCUT2D eigenvalue weighted by molar-refractivity contribution is -0.140. The highest BCUT2D eigenvalue weighted by atomic mass is 35.5. The van der Waals surface area contributed by atoms with Crippen LogP contribution in [0.1, 0.15) is 163 Å². The van der Waals surface area contributed by atoms with E-state index in [0.29, 0.717) is 102 Å². The summed E-state index contributed by atoms with van der Waals surface area (Å²) in [7, 11) is 0. The van der Waals surface area contributed by atoms with Crippen LogP contribution in [-0.2, 0) is 46.5 Å². The molecule has 0 unspecified atom stereocenters. The first kappa shape index (κ1) is 75.0. The first-order valence-corrected chi connectivity index (χ1v) is 37.6. The molecular weight excluding hydrogens is 1390 g/mol. The Bertz CT molecular complexity index is 4050. The summed E-state index contributed by atoms with van der Waals surface area (Å²) in [6.07, 6.45) is 10.8. The van der Waals surface area contributed by atoms with E-state index in [4.69, 9.17) is 65.7 Å². The van der Waals surface area contributed by atoms with Crippen LogP contribution in [0.2, 0.25) is 20.1 Å². The van der Waals surface area contributed by atoms with Gasteiger partial charge in [-0.3, -0.25) is 24.6 Å². The Balaban J connectivity index is 0.000000135. The first-order chi connectivity index (χ1) is 48.7. The lowest BCUT2D eigenvalue weighted by atomic mass is 10.1. The van der Waals surface area contributed by atoms with E-state index in [1.54, 1.807) is 56.0 Å². The van der Waals surface area contributed by atoms with Crippen LogP contribution >= 0.6 is 46.4 Å². The Labute approximate surface area is 624 Å². The number of carbonyl (C=O) groups is 7. The summed E-state index contributed by atoms with van der Waals surface area (Å²) in [5.74, 6) is -0.910. The largest absolute Gasteiger partial charge is 0.480 e. The molecule has 4 N–H and O–H groups in total. The average molecular weight is 1490 g/mol. The molecular formula is C78H96Cl4N10O11. The summed E-state index contributed by atoms with van der Waals surface area (Å²) in [5, 5.41) is 19.8. The summed E-state index contributed by atoms with van der Waals surface area (Å²) >= 11 is 25.1. The summed E-state index contributed by atoms with van der Waals surface area (Å²) in [5.41, 5.74) is 2.71. The Morgan fingerprint density at radius 3 is 1.16 bits per heavy atom. The number of carbonyl (C=O) groups excluding carboxylic acids is 6. The topological polar surface area (TPSA) is 226 Å². The monoisotopic (exact) mass is 1490 g/mol. The van der Waals surface area contributed by atoms with E-state index in [-0.39, 0.29) is 24.3 Å². The summed E-state index contributed by atoms with van der Waals surface area (Å²) in [6.45, 7) is 21.3. The van der Waals surface area contributed by atoms with Gasteiger partial charge in [0.15, 0.2) is 0 Å². The highest BCUT2D eigenvalue weighted by Gasteiger charge is 2.61. The Morgan fingerprint density at radius 2 is 0.796 bits per heavy atom. The minimum Gasteiger partial charge on any atom is -0.480 e. The number of aliphatic carboxylic acids is 1. The van der Waals surface area contributed by atoms with Crippen LogP contribution in [0.5, 0.6) is 0 Å². The van der Waals surface area contributed by atoms with Gasteiger partial charge >= 0.3 is 24.2 Å². The van der Waals surface area contributed by atoms with Gasteiger partial charge in [-0.2, -0.15) is 0 Å². The molecule has 3 heterocycles. The van der Waals surface area contributed by atoms with Gasteiger partial charge < -0.3 is 59.4 Å². The number of hydrogen-bond acceptors (Lipinski definition) is 14. The molecule has 0 saturated heterocycles. The molecule has 7 fully saturated rings. The van der Waals surface area contributed by atoms with Gasteiger partial charge in [-0.1, -0.05) is 82.8 Å². The van der Waals surface area contributed by atoms with Crippen LogP contribution < -0.4 is 45.3 Å².